The Morgan fingerprint density at radius 2 is 1.95 bits per heavy atom. The molecule has 0 unspecified atom stereocenters. The summed E-state index contributed by atoms with van der Waals surface area (Å²) in [6.45, 7) is 0.358. The fourth-order valence-corrected chi connectivity index (χ4v) is 4.04. The molecule has 0 aliphatic carbocycles. The number of halogens is 2. The molecule has 0 bridgehead atoms. The predicted octanol–water partition coefficient (Wildman–Crippen LogP) is 3.98. The third-order valence-electron chi connectivity index (χ3n) is 6.01. The van der Waals surface area contributed by atoms with Crippen molar-refractivity contribution in [1.29, 1.82) is 0 Å². The van der Waals surface area contributed by atoms with Gasteiger partial charge in [0.05, 0.1) is 12.6 Å². The maximum atomic E-state index is 13.1. The number of carbonyl (C=O) groups is 1. The van der Waals surface area contributed by atoms with Crippen LogP contribution in [0.1, 0.15) is 39.8 Å². The van der Waals surface area contributed by atoms with Gasteiger partial charge >= 0.3 is 6.43 Å². The second kappa shape index (κ2) is 10.3. The van der Waals surface area contributed by atoms with E-state index < -0.39 is 18.3 Å². The molecule has 12 heteroatoms. The van der Waals surface area contributed by atoms with E-state index in [1.165, 1.54) is 6.20 Å². The van der Waals surface area contributed by atoms with Crippen LogP contribution in [-0.4, -0.2) is 56.2 Å². The van der Waals surface area contributed by atoms with E-state index in [4.69, 9.17) is 4.52 Å². The zero-order valence-electron chi connectivity index (χ0n) is 19.7. The molecular formula is C25H23F2N7O3. The zero-order chi connectivity index (χ0) is 25.9. The van der Waals surface area contributed by atoms with E-state index in [0.717, 1.165) is 17.5 Å². The summed E-state index contributed by atoms with van der Waals surface area (Å²) >= 11 is 0. The van der Waals surface area contributed by atoms with Crippen LogP contribution >= 0.6 is 0 Å². The molecule has 0 saturated heterocycles. The van der Waals surface area contributed by atoms with Crippen molar-refractivity contribution in [2.75, 3.05) is 30.8 Å². The third kappa shape index (κ3) is 5.09. The Balaban J connectivity index is 1.48. The van der Waals surface area contributed by atoms with Crippen LogP contribution in [0.25, 0.3) is 11.5 Å². The van der Waals surface area contributed by atoms with Crippen molar-refractivity contribution < 1.29 is 23.2 Å². The Hall–Kier alpha value is -4.45. The lowest BCUT2D eigenvalue weighted by atomic mass is 9.99. The molecule has 0 saturated carbocycles. The molecule has 4 aromatic rings. The fourth-order valence-electron chi connectivity index (χ4n) is 4.04. The predicted molar refractivity (Wildman–Crippen MR) is 131 cm³/mol. The summed E-state index contributed by atoms with van der Waals surface area (Å²) in [6, 6.07) is 14.0. The zero-order valence-corrected chi connectivity index (χ0v) is 19.7. The number of aromatic nitrogens is 4. The number of amides is 1. The third-order valence-corrected chi connectivity index (χ3v) is 6.01. The van der Waals surface area contributed by atoms with Gasteiger partial charge in [-0.1, -0.05) is 35.5 Å². The van der Waals surface area contributed by atoms with Gasteiger partial charge in [-0.05, 0) is 35.7 Å². The van der Waals surface area contributed by atoms with Crippen molar-refractivity contribution in [2.45, 2.75) is 18.9 Å². The summed E-state index contributed by atoms with van der Waals surface area (Å²) < 4.78 is 31.1. The van der Waals surface area contributed by atoms with E-state index in [0.29, 0.717) is 17.8 Å². The van der Waals surface area contributed by atoms with Gasteiger partial charge in [-0.2, -0.15) is 9.97 Å². The molecule has 37 heavy (non-hydrogen) atoms. The Morgan fingerprint density at radius 3 is 2.68 bits per heavy atom. The molecule has 2 aromatic carbocycles. The van der Waals surface area contributed by atoms with Gasteiger partial charge in [0.2, 0.25) is 11.8 Å². The highest BCUT2D eigenvalue weighted by Crippen LogP contribution is 2.31. The number of nitrogens with zero attached hydrogens (tertiary/aromatic N) is 5. The highest BCUT2D eigenvalue weighted by Gasteiger charge is 2.24. The molecule has 1 aliphatic rings. The van der Waals surface area contributed by atoms with Crippen LogP contribution in [0.3, 0.4) is 0 Å². The number of benzene rings is 2. The van der Waals surface area contributed by atoms with Gasteiger partial charge in [0.25, 0.3) is 11.8 Å². The first-order valence-electron chi connectivity index (χ1n) is 11.5. The first-order valence-corrected chi connectivity index (χ1v) is 11.5. The molecule has 0 radical (unpaired) electrons. The molecule has 3 heterocycles. The van der Waals surface area contributed by atoms with Crippen LogP contribution in [0.15, 0.2) is 59.3 Å². The number of aliphatic hydroxyl groups excluding tert-OH is 1. The molecule has 5 rings (SSSR count). The van der Waals surface area contributed by atoms with Crippen molar-refractivity contribution in [3.05, 3.63) is 77.2 Å². The highest BCUT2D eigenvalue weighted by molar-refractivity contribution is 5.97. The van der Waals surface area contributed by atoms with E-state index in [-0.39, 0.29) is 35.7 Å². The highest BCUT2D eigenvalue weighted by atomic mass is 19.3. The van der Waals surface area contributed by atoms with E-state index in [9.17, 15) is 18.7 Å². The second-order valence-electron chi connectivity index (χ2n) is 8.48. The van der Waals surface area contributed by atoms with Crippen LogP contribution < -0.4 is 10.6 Å². The monoisotopic (exact) mass is 507 g/mol. The average Bonchev–Trinajstić information content (AvgIpc) is 3.41. The van der Waals surface area contributed by atoms with Crippen molar-refractivity contribution >= 4 is 23.4 Å². The second-order valence-corrected chi connectivity index (χ2v) is 8.48. The summed E-state index contributed by atoms with van der Waals surface area (Å²) in [5.74, 6) is -0.577. The molecule has 1 amide bonds. The van der Waals surface area contributed by atoms with Crippen LogP contribution in [0.4, 0.5) is 26.2 Å². The normalized spacial score (nSPS) is 14.0. The molecule has 3 N–H and O–H groups in total. The first kappa shape index (κ1) is 24.3. The largest absolute Gasteiger partial charge is 0.394 e. The van der Waals surface area contributed by atoms with Gasteiger partial charge in [-0.15, -0.1) is 0 Å². The van der Waals surface area contributed by atoms with E-state index in [2.05, 4.69) is 30.7 Å². The number of carbonyl (C=O) groups excluding carboxylic acids is 1. The van der Waals surface area contributed by atoms with E-state index in [1.807, 2.05) is 36.4 Å². The van der Waals surface area contributed by atoms with Crippen LogP contribution in [0.2, 0.25) is 0 Å². The van der Waals surface area contributed by atoms with Crippen molar-refractivity contribution in [3.8, 4) is 11.5 Å². The number of likely N-dealkylation sites (N-methyl/N-ethyl adjacent to an activating group) is 1. The summed E-state index contributed by atoms with van der Waals surface area (Å²) in [4.78, 5) is 26.6. The van der Waals surface area contributed by atoms with Gasteiger partial charge in [-0.25, -0.2) is 13.8 Å². The molecule has 0 spiro atoms. The van der Waals surface area contributed by atoms with Gasteiger partial charge in [0.15, 0.2) is 0 Å². The minimum absolute atomic E-state index is 0.0291. The van der Waals surface area contributed by atoms with Gasteiger partial charge < -0.3 is 25.2 Å². The number of alkyl halides is 2. The van der Waals surface area contributed by atoms with Crippen LogP contribution in [0, 0.1) is 0 Å². The number of hydrogen-bond donors (Lipinski definition) is 3. The molecule has 1 aliphatic heterocycles. The lowest BCUT2D eigenvalue weighted by molar-refractivity contribution is 0.0781. The molecule has 0 fully saturated rings. The van der Waals surface area contributed by atoms with E-state index >= 15 is 0 Å². The number of hydrogen-bond acceptors (Lipinski definition) is 9. The van der Waals surface area contributed by atoms with Gasteiger partial charge in [0, 0.05) is 31.0 Å². The van der Waals surface area contributed by atoms with Crippen molar-refractivity contribution in [3.63, 3.8) is 0 Å². The summed E-state index contributed by atoms with van der Waals surface area (Å²) in [5, 5.41) is 19.6. The van der Waals surface area contributed by atoms with Crippen molar-refractivity contribution in [2.24, 2.45) is 0 Å². The standard InChI is InChI=1S/C25H23F2N7O3/c1-34-10-9-15-11-16(7-8-17(15)24(34)36)29-25-28-12-18(23-31-22(20(26)27)33-37-23)21(32-25)30-19(13-35)14-5-3-2-4-6-14/h2-8,11-12,19-20,35H,9-10,13H2,1H3,(H2,28,29,30,32)/t19-/m1/s1. The SMILES string of the molecule is CN1CCc2cc(Nc3ncc(-c4nc(C(F)F)no4)c(N[C@H](CO)c4ccccc4)n3)ccc2C1=O. The summed E-state index contributed by atoms with van der Waals surface area (Å²) in [5.41, 5.74) is 3.22. The maximum absolute atomic E-state index is 13.1. The van der Waals surface area contributed by atoms with Gasteiger partial charge in [0.1, 0.15) is 11.4 Å². The average molecular weight is 508 g/mol. The lowest BCUT2D eigenvalue weighted by Crippen LogP contribution is -2.34. The number of fused-ring (bicyclic) bond motifs is 1. The molecule has 1 atom stereocenters. The molecule has 2 aromatic heterocycles. The molecule has 10 nitrogen and oxygen atoms in total. The maximum Gasteiger partial charge on any atom is 0.300 e. The van der Waals surface area contributed by atoms with Crippen molar-refractivity contribution in [1.82, 2.24) is 25.0 Å². The molecule has 190 valence electrons. The first-order chi connectivity index (χ1) is 17.9. The Kier molecular flexibility index (Phi) is 6.73. The fraction of sp³-hybridized carbons (Fsp3) is 0.240. The Morgan fingerprint density at radius 1 is 1.14 bits per heavy atom. The van der Waals surface area contributed by atoms with Gasteiger partial charge in [-0.3, -0.25) is 4.79 Å². The Bertz CT molecular complexity index is 1410. The number of nitrogens with one attached hydrogen (secondary N) is 2. The van der Waals surface area contributed by atoms with Crippen LogP contribution in [0.5, 0.6) is 0 Å². The number of anilines is 3. The smallest absolute Gasteiger partial charge is 0.300 e. The lowest BCUT2D eigenvalue weighted by Gasteiger charge is -2.25. The summed E-state index contributed by atoms with van der Waals surface area (Å²) in [6.07, 6.45) is -0.809. The minimum Gasteiger partial charge on any atom is -0.394 e. The molecular weight excluding hydrogens is 484 g/mol. The number of rotatable bonds is 8. The van der Waals surface area contributed by atoms with E-state index in [1.54, 1.807) is 24.1 Å². The topological polar surface area (TPSA) is 129 Å². The quantitative estimate of drug-likeness (QED) is 0.324. The minimum atomic E-state index is -2.90. The Labute approximate surface area is 210 Å². The van der Waals surface area contributed by atoms with Crippen LogP contribution in [-0.2, 0) is 6.42 Å². The number of aliphatic hydroxyl groups is 1. The summed E-state index contributed by atoms with van der Waals surface area (Å²) in [7, 11) is 1.77.